The quantitative estimate of drug-likeness (QED) is 0.939. The van der Waals surface area contributed by atoms with Crippen LogP contribution in [0, 0.1) is 18.3 Å². The van der Waals surface area contributed by atoms with Gasteiger partial charge in [0.25, 0.3) is 0 Å². The van der Waals surface area contributed by atoms with Crippen molar-refractivity contribution in [3.05, 3.63) is 41.6 Å². The Hall–Kier alpha value is -2.61. The molecule has 2 heterocycles. The Balaban J connectivity index is 1.88. The predicted molar refractivity (Wildman–Crippen MR) is 87.3 cm³/mol. The minimum Gasteiger partial charge on any atom is -0.356 e. The van der Waals surface area contributed by atoms with Gasteiger partial charge in [-0.05, 0) is 38.3 Å². The highest BCUT2D eigenvalue weighted by molar-refractivity contribution is 5.63. The normalized spacial score (nSPS) is 14.5. The molecule has 0 bridgehead atoms. The van der Waals surface area contributed by atoms with E-state index in [9.17, 15) is 5.26 Å². The van der Waals surface area contributed by atoms with Crippen LogP contribution in [-0.4, -0.2) is 23.1 Å². The van der Waals surface area contributed by atoms with Gasteiger partial charge >= 0.3 is 0 Å². The Labute approximate surface area is 130 Å². The van der Waals surface area contributed by atoms with Gasteiger partial charge in [0.2, 0.25) is 5.95 Å². The molecule has 1 N–H and O–H groups in total. The zero-order valence-electron chi connectivity index (χ0n) is 12.7. The van der Waals surface area contributed by atoms with Gasteiger partial charge in [-0.15, -0.1) is 0 Å². The second-order valence-corrected chi connectivity index (χ2v) is 5.52. The summed E-state index contributed by atoms with van der Waals surface area (Å²) in [6.07, 6.45) is 3.72. The molecule has 0 radical (unpaired) electrons. The summed E-state index contributed by atoms with van der Waals surface area (Å²) in [6.45, 7) is 4.06. The minimum atomic E-state index is 0.545. The number of hydrogen-bond acceptors (Lipinski definition) is 5. The van der Waals surface area contributed by atoms with Crippen LogP contribution in [0.2, 0.25) is 0 Å². The average molecular weight is 293 g/mol. The molecule has 1 aliphatic heterocycles. The maximum atomic E-state index is 9.17. The number of aromatic nitrogens is 2. The van der Waals surface area contributed by atoms with Crippen LogP contribution in [0.1, 0.15) is 30.5 Å². The van der Waals surface area contributed by atoms with Gasteiger partial charge in [0.15, 0.2) is 0 Å². The third kappa shape index (κ3) is 3.17. The summed E-state index contributed by atoms with van der Waals surface area (Å²) in [4.78, 5) is 11.4. The van der Waals surface area contributed by atoms with Gasteiger partial charge in [-0.3, -0.25) is 0 Å². The van der Waals surface area contributed by atoms with Crippen molar-refractivity contribution in [3.63, 3.8) is 0 Å². The molecule has 22 heavy (non-hydrogen) atoms. The van der Waals surface area contributed by atoms with E-state index < -0.39 is 0 Å². The second-order valence-electron chi connectivity index (χ2n) is 5.52. The molecule has 5 heteroatoms. The van der Waals surface area contributed by atoms with Crippen LogP contribution in [0.3, 0.4) is 0 Å². The van der Waals surface area contributed by atoms with E-state index in [2.05, 4.69) is 26.3 Å². The number of hydrogen-bond donors (Lipinski definition) is 1. The number of para-hydroxylation sites is 1. The van der Waals surface area contributed by atoms with Crippen molar-refractivity contribution < 1.29 is 0 Å². The first-order valence-corrected chi connectivity index (χ1v) is 7.63. The second kappa shape index (κ2) is 6.44. The number of benzene rings is 1. The van der Waals surface area contributed by atoms with E-state index in [-0.39, 0.29) is 0 Å². The molecule has 1 aromatic heterocycles. The summed E-state index contributed by atoms with van der Waals surface area (Å²) >= 11 is 0. The Bertz CT molecular complexity index is 698. The van der Waals surface area contributed by atoms with Crippen LogP contribution >= 0.6 is 0 Å². The first-order chi connectivity index (χ1) is 10.8. The Kier molecular flexibility index (Phi) is 4.19. The summed E-state index contributed by atoms with van der Waals surface area (Å²) in [5.41, 5.74) is 2.25. The maximum absolute atomic E-state index is 9.17. The van der Waals surface area contributed by atoms with Crippen molar-refractivity contribution in [2.45, 2.75) is 26.2 Å². The summed E-state index contributed by atoms with van der Waals surface area (Å²) < 4.78 is 0. The SMILES string of the molecule is Cc1cc(N2CCCCC2)nc(Nc2ccccc2C#N)n1. The molecule has 112 valence electrons. The molecule has 0 amide bonds. The van der Waals surface area contributed by atoms with Gasteiger partial charge in [0, 0.05) is 24.8 Å². The number of nitriles is 1. The molecule has 1 aromatic carbocycles. The molecule has 3 rings (SSSR count). The number of aryl methyl sites for hydroxylation is 1. The van der Waals surface area contributed by atoms with E-state index in [0.29, 0.717) is 11.5 Å². The lowest BCUT2D eigenvalue weighted by Crippen LogP contribution is -2.30. The molecular formula is C17H19N5. The fraction of sp³-hybridized carbons (Fsp3) is 0.353. The first kappa shape index (κ1) is 14.3. The smallest absolute Gasteiger partial charge is 0.229 e. The molecule has 1 fully saturated rings. The Morgan fingerprint density at radius 3 is 2.68 bits per heavy atom. The summed E-state index contributed by atoms with van der Waals surface area (Å²) in [5.74, 6) is 1.51. The number of rotatable bonds is 3. The molecule has 0 saturated carbocycles. The average Bonchev–Trinajstić information content (AvgIpc) is 2.56. The highest BCUT2D eigenvalue weighted by Crippen LogP contribution is 2.22. The lowest BCUT2D eigenvalue weighted by atomic mass is 10.1. The Morgan fingerprint density at radius 1 is 1.14 bits per heavy atom. The van der Waals surface area contributed by atoms with Crippen LogP contribution in [-0.2, 0) is 0 Å². The molecule has 0 aliphatic carbocycles. The number of anilines is 3. The van der Waals surface area contributed by atoms with Crippen LogP contribution in [0.25, 0.3) is 0 Å². The molecule has 2 aromatic rings. The van der Waals surface area contributed by atoms with Crippen molar-refractivity contribution in [1.29, 1.82) is 5.26 Å². The van der Waals surface area contributed by atoms with Crippen molar-refractivity contribution in [2.24, 2.45) is 0 Å². The van der Waals surface area contributed by atoms with Crippen LogP contribution in [0.4, 0.5) is 17.5 Å². The molecule has 0 atom stereocenters. The van der Waals surface area contributed by atoms with Gasteiger partial charge in [-0.25, -0.2) is 4.98 Å². The topological polar surface area (TPSA) is 64.8 Å². The van der Waals surface area contributed by atoms with Crippen LogP contribution < -0.4 is 10.2 Å². The molecule has 1 saturated heterocycles. The largest absolute Gasteiger partial charge is 0.356 e. The highest BCUT2D eigenvalue weighted by Gasteiger charge is 2.14. The highest BCUT2D eigenvalue weighted by atomic mass is 15.2. The summed E-state index contributed by atoms with van der Waals surface area (Å²) in [7, 11) is 0. The van der Waals surface area contributed by atoms with E-state index in [0.717, 1.165) is 30.3 Å². The van der Waals surface area contributed by atoms with E-state index in [1.807, 2.05) is 31.2 Å². The van der Waals surface area contributed by atoms with Gasteiger partial charge in [0.05, 0.1) is 11.3 Å². The lowest BCUT2D eigenvalue weighted by molar-refractivity contribution is 0.573. The van der Waals surface area contributed by atoms with E-state index >= 15 is 0 Å². The first-order valence-electron chi connectivity index (χ1n) is 7.63. The van der Waals surface area contributed by atoms with Crippen molar-refractivity contribution in [2.75, 3.05) is 23.3 Å². The predicted octanol–water partition coefficient (Wildman–Crippen LogP) is 3.39. The molecule has 0 unspecified atom stereocenters. The molecule has 0 spiro atoms. The third-order valence-corrected chi connectivity index (χ3v) is 3.81. The van der Waals surface area contributed by atoms with E-state index in [4.69, 9.17) is 0 Å². The van der Waals surface area contributed by atoms with E-state index in [1.165, 1.54) is 19.3 Å². The zero-order chi connectivity index (χ0) is 15.4. The zero-order valence-corrected chi connectivity index (χ0v) is 12.7. The fourth-order valence-corrected chi connectivity index (χ4v) is 2.70. The number of piperidine rings is 1. The molecule has 5 nitrogen and oxygen atoms in total. The number of nitrogens with zero attached hydrogens (tertiary/aromatic N) is 4. The summed E-state index contributed by atoms with van der Waals surface area (Å²) in [5, 5.41) is 12.3. The third-order valence-electron chi connectivity index (χ3n) is 3.81. The molecule has 1 aliphatic rings. The summed E-state index contributed by atoms with van der Waals surface area (Å²) in [6, 6.07) is 11.6. The van der Waals surface area contributed by atoms with Gasteiger partial charge in [-0.2, -0.15) is 10.2 Å². The van der Waals surface area contributed by atoms with E-state index in [1.54, 1.807) is 6.07 Å². The monoisotopic (exact) mass is 293 g/mol. The van der Waals surface area contributed by atoms with Crippen LogP contribution in [0.15, 0.2) is 30.3 Å². The Morgan fingerprint density at radius 2 is 1.91 bits per heavy atom. The lowest BCUT2D eigenvalue weighted by Gasteiger charge is -2.28. The molecular weight excluding hydrogens is 274 g/mol. The van der Waals surface area contributed by atoms with Crippen molar-refractivity contribution in [3.8, 4) is 6.07 Å². The maximum Gasteiger partial charge on any atom is 0.229 e. The minimum absolute atomic E-state index is 0.545. The van der Waals surface area contributed by atoms with Crippen LogP contribution in [0.5, 0.6) is 0 Å². The van der Waals surface area contributed by atoms with Gasteiger partial charge in [-0.1, -0.05) is 12.1 Å². The fourth-order valence-electron chi connectivity index (χ4n) is 2.70. The standard InChI is InChI=1S/C17H19N5/c1-13-11-16(22-9-5-2-6-10-22)21-17(19-13)20-15-8-4-3-7-14(15)12-18/h3-4,7-8,11H,2,5-6,9-10H2,1H3,(H,19,20,21). The van der Waals surface area contributed by atoms with Crippen molar-refractivity contribution >= 4 is 17.5 Å². The van der Waals surface area contributed by atoms with Gasteiger partial charge in [0.1, 0.15) is 11.9 Å². The van der Waals surface area contributed by atoms with Crippen molar-refractivity contribution in [1.82, 2.24) is 9.97 Å². The van der Waals surface area contributed by atoms with Gasteiger partial charge < -0.3 is 10.2 Å². The number of nitrogens with one attached hydrogen (secondary N) is 1.